The Balaban J connectivity index is 2.06. The molecule has 1 fully saturated rings. The Hall–Kier alpha value is -1.40. The largest absolute Gasteiger partial charge is 0.383 e. The van der Waals surface area contributed by atoms with Crippen LogP contribution in [0.2, 0.25) is 0 Å². The molecule has 0 aromatic carbocycles. The number of hydrogen-bond acceptors (Lipinski definition) is 5. The molecular formula is C9H14N4O2. The van der Waals surface area contributed by atoms with Crippen molar-refractivity contribution in [3.05, 3.63) is 22.7 Å². The van der Waals surface area contributed by atoms with Crippen LogP contribution >= 0.6 is 0 Å². The van der Waals surface area contributed by atoms with Gasteiger partial charge in [-0.15, -0.1) is 0 Å². The molecule has 0 atom stereocenters. The summed E-state index contributed by atoms with van der Waals surface area (Å²) in [6.07, 6.45) is 1.67. The average Bonchev–Trinajstić information content (AvgIpc) is 2.24. The molecule has 6 heteroatoms. The normalized spacial score (nSPS) is 17.9. The summed E-state index contributed by atoms with van der Waals surface area (Å²) < 4.78 is 6.77. The van der Waals surface area contributed by atoms with Gasteiger partial charge >= 0.3 is 5.69 Å². The van der Waals surface area contributed by atoms with Crippen molar-refractivity contribution >= 4 is 5.82 Å². The maximum atomic E-state index is 11.4. The molecule has 0 spiro atoms. The first-order valence-electron chi connectivity index (χ1n) is 4.89. The molecule has 1 aliphatic heterocycles. The summed E-state index contributed by atoms with van der Waals surface area (Å²) in [6.45, 7) is 3.68. The summed E-state index contributed by atoms with van der Waals surface area (Å²) in [7, 11) is 0. The molecule has 1 saturated heterocycles. The number of aromatic nitrogens is 2. The Kier molecular flexibility index (Phi) is 2.98. The fourth-order valence-corrected chi connectivity index (χ4v) is 1.51. The van der Waals surface area contributed by atoms with E-state index in [1.165, 1.54) is 0 Å². The van der Waals surface area contributed by atoms with Crippen molar-refractivity contribution in [1.29, 1.82) is 0 Å². The third kappa shape index (κ3) is 2.54. The quantitative estimate of drug-likeness (QED) is 0.686. The summed E-state index contributed by atoms with van der Waals surface area (Å²) >= 11 is 0. The van der Waals surface area contributed by atoms with Gasteiger partial charge in [0.25, 0.3) is 0 Å². The van der Waals surface area contributed by atoms with Crippen LogP contribution in [0.4, 0.5) is 5.82 Å². The summed E-state index contributed by atoms with van der Waals surface area (Å²) in [5.41, 5.74) is 5.10. The molecule has 1 aromatic heterocycles. The van der Waals surface area contributed by atoms with Crippen molar-refractivity contribution in [1.82, 2.24) is 14.5 Å². The van der Waals surface area contributed by atoms with E-state index in [0.717, 1.165) is 26.3 Å². The maximum absolute atomic E-state index is 11.4. The lowest BCUT2D eigenvalue weighted by Gasteiger charge is -2.26. The Morgan fingerprint density at radius 1 is 1.47 bits per heavy atom. The van der Waals surface area contributed by atoms with E-state index in [4.69, 9.17) is 10.5 Å². The number of nitrogens with zero attached hydrogens (tertiary/aromatic N) is 3. The first-order valence-corrected chi connectivity index (χ1v) is 4.89. The molecule has 0 aliphatic carbocycles. The summed E-state index contributed by atoms with van der Waals surface area (Å²) in [4.78, 5) is 17.2. The Bertz CT molecular complexity index is 384. The van der Waals surface area contributed by atoms with Gasteiger partial charge in [0.1, 0.15) is 5.82 Å². The first-order chi connectivity index (χ1) is 7.25. The van der Waals surface area contributed by atoms with Crippen LogP contribution in [-0.2, 0) is 11.4 Å². The fourth-order valence-electron chi connectivity index (χ4n) is 1.51. The molecule has 0 unspecified atom stereocenters. The second-order valence-corrected chi connectivity index (χ2v) is 3.48. The van der Waals surface area contributed by atoms with Crippen molar-refractivity contribution in [2.24, 2.45) is 0 Å². The highest BCUT2D eigenvalue weighted by molar-refractivity contribution is 5.23. The number of morpholine rings is 1. The van der Waals surface area contributed by atoms with E-state index in [2.05, 4.69) is 9.88 Å². The highest BCUT2D eigenvalue weighted by Crippen LogP contribution is 1.98. The van der Waals surface area contributed by atoms with Gasteiger partial charge < -0.3 is 10.5 Å². The molecule has 1 aliphatic rings. The summed E-state index contributed by atoms with van der Waals surface area (Å²) in [5.74, 6) is 0.262. The van der Waals surface area contributed by atoms with E-state index in [-0.39, 0.29) is 11.5 Å². The van der Waals surface area contributed by atoms with Crippen LogP contribution in [0.3, 0.4) is 0 Å². The summed E-state index contributed by atoms with van der Waals surface area (Å²) in [5, 5.41) is 0. The number of rotatable bonds is 2. The second kappa shape index (κ2) is 4.41. The molecule has 6 nitrogen and oxygen atoms in total. The van der Waals surface area contributed by atoms with E-state index in [9.17, 15) is 4.79 Å². The first kappa shape index (κ1) is 10.1. The number of hydrogen-bond donors (Lipinski definition) is 1. The van der Waals surface area contributed by atoms with Crippen LogP contribution in [0.5, 0.6) is 0 Å². The van der Waals surface area contributed by atoms with E-state index in [1.807, 2.05) is 0 Å². The van der Waals surface area contributed by atoms with Gasteiger partial charge in [0.2, 0.25) is 0 Å². The van der Waals surface area contributed by atoms with Crippen molar-refractivity contribution in [3.8, 4) is 0 Å². The standard InChI is InChI=1S/C9H14N4O2/c10-8-1-2-13(9(14)11-8)7-12-3-5-15-6-4-12/h1-2H,3-7H2,(H2,10,11,14). The molecule has 2 rings (SSSR count). The number of anilines is 1. The van der Waals surface area contributed by atoms with Crippen LogP contribution in [0, 0.1) is 0 Å². The summed E-state index contributed by atoms with van der Waals surface area (Å²) in [6, 6.07) is 1.63. The van der Waals surface area contributed by atoms with E-state index in [0.29, 0.717) is 6.67 Å². The monoisotopic (exact) mass is 210 g/mol. The van der Waals surface area contributed by atoms with Gasteiger partial charge in [0, 0.05) is 19.3 Å². The smallest absolute Gasteiger partial charge is 0.350 e. The number of nitrogens with two attached hydrogens (primary N) is 1. The SMILES string of the molecule is Nc1ccn(CN2CCOCC2)c(=O)n1. The van der Waals surface area contributed by atoms with E-state index in [1.54, 1.807) is 16.8 Å². The lowest BCUT2D eigenvalue weighted by molar-refractivity contribution is 0.0226. The molecular weight excluding hydrogens is 196 g/mol. The van der Waals surface area contributed by atoms with Gasteiger partial charge in [0.15, 0.2) is 0 Å². The second-order valence-electron chi connectivity index (χ2n) is 3.48. The van der Waals surface area contributed by atoms with Gasteiger partial charge in [-0.3, -0.25) is 9.47 Å². The van der Waals surface area contributed by atoms with Gasteiger partial charge in [-0.25, -0.2) is 4.79 Å². The molecule has 0 radical (unpaired) electrons. The van der Waals surface area contributed by atoms with Gasteiger partial charge in [0.05, 0.1) is 19.9 Å². The fraction of sp³-hybridized carbons (Fsp3) is 0.556. The van der Waals surface area contributed by atoms with Crippen LogP contribution in [0.15, 0.2) is 17.1 Å². The Labute approximate surface area is 87.3 Å². The van der Waals surface area contributed by atoms with Crippen LogP contribution in [0.1, 0.15) is 0 Å². The lowest BCUT2D eigenvalue weighted by Crippen LogP contribution is -2.40. The van der Waals surface area contributed by atoms with Gasteiger partial charge in [-0.1, -0.05) is 0 Å². The Morgan fingerprint density at radius 2 is 2.20 bits per heavy atom. The number of nitrogen functional groups attached to an aromatic ring is 1. The predicted octanol–water partition coefficient (Wildman–Crippen LogP) is -0.885. The average molecular weight is 210 g/mol. The van der Waals surface area contributed by atoms with Crippen molar-refractivity contribution < 1.29 is 4.74 Å². The van der Waals surface area contributed by atoms with Gasteiger partial charge in [-0.05, 0) is 6.07 Å². The third-order valence-corrected chi connectivity index (χ3v) is 2.35. The molecule has 0 saturated carbocycles. The topological polar surface area (TPSA) is 73.4 Å². The molecule has 0 bridgehead atoms. The van der Waals surface area contributed by atoms with Crippen LogP contribution in [-0.4, -0.2) is 40.8 Å². The van der Waals surface area contributed by atoms with Crippen molar-refractivity contribution in [3.63, 3.8) is 0 Å². The Morgan fingerprint density at radius 3 is 2.87 bits per heavy atom. The van der Waals surface area contributed by atoms with Crippen LogP contribution in [0.25, 0.3) is 0 Å². The molecule has 15 heavy (non-hydrogen) atoms. The molecule has 2 N–H and O–H groups in total. The minimum absolute atomic E-state index is 0.262. The van der Waals surface area contributed by atoms with Crippen molar-refractivity contribution in [2.45, 2.75) is 6.67 Å². The minimum atomic E-state index is -0.304. The zero-order chi connectivity index (χ0) is 10.7. The highest BCUT2D eigenvalue weighted by Gasteiger charge is 2.11. The van der Waals surface area contributed by atoms with Gasteiger partial charge in [-0.2, -0.15) is 4.98 Å². The highest BCUT2D eigenvalue weighted by atomic mass is 16.5. The molecule has 82 valence electrons. The van der Waals surface area contributed by atoms with E-state index >= 15 is 0 Å². The zero-order valence-electron chi connectivity index (χ0n) is 8.43. The predicted molar refractivity (Wildman–Crippen MR) is 55.3 cm³/mol. The van der Waals surface area contributed by atoms with Crippen molar-refractivity contribution in [2.75, 3.05) is 32.0 Å². The maximum Gasteiger partial charge on any atom is 0.350 e. The molecule has 1 aromatic rings. The molecule has 2 heterocycles. The minimum Gasteiger partial charge on any atom is -0.383 e. The zero-order valence-corrected chi connectivity index (χ0v) is 8.43. The van der Waals surface area contributed by atoms with Crippen LogP contribution < -0.4 is 11.4 Å². The molecule has 0 amide bonds. The third-order valence-electron chi connectivity index (χ3n) is 2.35. The lowest BCUT2D eigenvalue weighted by atomic mass is 10.4. The number of ether oxygens (including phenoxy) is 1. The van der Waals surface area contributed by atoms with E-state index < -0.39 is 0 Å².